The Morgan fingerprint density at radius 3 is 2.59 bits per heavy atom. The molecule has 0 saturated carbocycles. The average molecular weight is 465 g/mol. The van der Waals surface area contributed by atoms with Crippen molar-refractivity contribution in [2.75, 3.05) is 53.0 Å². The Labute approximate surface area is 202 Å². The fourth-order valence-corrected chi connectivity index (χ4v) is 5.40. The Hall–Kier alpha value is -2.48. The van der Waals surface area contributed by atoms with E-state index in [1.165, 1.54) is 16.7 Å². The predicted molar refractivity (Wildman–Crippen MR) is 131 cm³/mol. The van der Waals surface area contributed by atoms with E-state index in [-0.39, 0.29) is 12.1 Å². The van der Waals surface area contributed by atoms with Crippen LogP contribution in [0.4, 0.5) is 4.79 Å². The normalized spacial score (nSPS) is 20.6. The lowest BCUT2D eigenvalue weighted by molar-refractivity contribution is 0.0419. The fourth-order valence-electron chi connectivity index (χ4n) is 5.40. The topological polar surface area (TPSA) is 58.1 Å². The zero-order valence-electron chi connectivity index (χ0n) is 20.2. The second-order valence-corrected chi connectivity index (χ2v) is 9.73. The first-order valence-corrected chi connectivity index (χ1v) is 12.6. The predicted octanol–water partition coefficient (Wildman–Crippen LogP) is 3.29. The van der Waals surface area contributed by atoms with E-state index in [0.717, 1.165) is 70.9 Å². The van der Waals surface area contributed by atoms with E-state index in [1.54, 1.807) is 7.11 Å². The molecule has 7 heteroatoms. The summed E-state index contributed by atoms with van der Waals surface area (Å²) < 4.78 is 11.3. The molecule has 4 heterocycles. The van der Waals surface area contributed by atoms with Crippen LogP contribution in [0.3, 0.4) is 0 Å². The van der Waals surface area contributed by atoms with Crippen LogP contribution in [-0.4, -0.2) is 84.9 Å². The minimum atomic E-state index is 0.00560. The van der Waals surface area contributed by atoms with Gasteiger partial charge in [-0.1, -0.05) is 30.3 Å². The van der Waals surface area contributed by atoms with Crippen LogP contribution in [0.2, 0.25) is 0 Å². The van der Waals surface area contributed by atoms with Crippen molar-refractivity contribution in [3.63, 3.8) is 0 Å². The molecule has 3 aliphatic rings. The van der Waals surface area contributed by atoms with Crippen molar-refractivity contribution in [2.24, 2.45) is 0 Å². The third-order valence-electron chi connectivity index (χ3n) is 7.50. The van der Waals surface area contributed by atoms with Crippen LogP contribution in [0.15, 0.2) is 42.6 Å². The molecule has 1 aromatic heterocycles. The average Bonchev–Trinajstić information content (AvgIpc) is 3.23. The van der Waals surface area contributed by atoms with Crippen LogP contribution >= 0.6 is 0 Å². The molecule has 0 radical (unpaired) electrons. The highest BCUT2D eigenvalue weighted by atomic mass is 16.5. The molecule has 182 valence electrons. The van der Waals surface area contributed by atoms with Crippen molar-refractivity contribution in [3.8, 4) is 0 Å². The molecule has 1 unspecified atom stereocenters. The molecular weight excluding hydrogens is 428 g/mol. The van der Waals surface area contributed by atoms with E-state index in [2.05, 4.69) is 46.3 Å². The van der Waals surface area contributed by atoms with Crippen molar-refractivity contribution in [1.82, 2.24) is 19.7 Å². The number of carbonyl (C=O) groups excluding carboxylic acids is 1. The summed E-state index contributed by atoms with van der Waals surface area (Å²) in [7, 11) is 1.75. The molecule has 5 rings (SSSR count). The lowest BCUT2D eigenvalue weighted by atomic mass is 9.93. The van der Waals surface area contributed by atoms with Gasteiger partial charge in [0.25, 0.3) is 0 Å². The summed E-state index contributed by atoms with van der Waals surface area (Å²) >= 11 is 0. The van der Waals surface area contributed by atoms with Gasteiger partial charge in [0.05, 0.1) is 18.3 Å². The largest absolute Gasteiger partial charge is 0.381 e. The van der Waals surface area contributed by atoms with E-state index in [4.69, 9.17) is 9.47 Å². The minimum absolute atomic E-state index is 0.00560. The van der Waals surface area contributed by atoms with Crippen molar-refractivity contribution >= 4 is 6.03 Å². The lowest BCUT2D eigenvalue weighted by Gasteiger charge is -2.32. The van der Waals surface area contributed by atoms with Gasteiger partial charge in [-0.3, -0.25) is 9.88 Å². The van der Waals surface area contributed by atoms with E-state index in [0.29, 0.717) is 19.0 Å². The minimum Gasteiger partial charge on any atom is -0.381 e. The summed E-state index contributed by atoms with van der Waals surface area (Å²) in [6, 6.07) is 13.0. The number of carbonyl (C=O) groups is 1. The van der Waals surface area contributed by atoms with Crippen LogP contribution in [0.1, 0.15) is 41.1 Å². The number of benzene rings is 1. The number of nitrogens with zero attached hydrogens (tertiary/aromatic N) is 4. The van der Waals surface area contributed by atoms with Crippen LogP contribution in [0.5, 0.6) is 0 Å². The number of hydrogen-bond acceptors (Lipinski definition) is 5. The van der Waals surface area contributed by atoms with Crippen LogP contribution < -0.4 is 0 Å². The zero-order chi connectivity index (χ0) is 23.3. The quantitative estimate of drug-likeness (QED) is 0.600. The molecule has 7 nitrogen and oxygen atoms in total. The highest BCUT2D eigenvalue weighted by Crippen LogP contribution is 2.26. The van der Waals surface area contributed by atoms with Gasteiger partial charge in [-0.15, -0.1) is 0 Å². The molecule has 0 N–H and O–H groups in total. The van der Waals surface area contributed by atoms with Gasteiger partial charge in [0.15, 0.2) is 0 Å². The molecule has 0 spiro atoms. The number of methoxy groups -OCH3 is 1. The van der Waals surface area contributed by atoms with Gasteiger partial charge >= 0.3 is 6.03 Å². The Morgan fingerprint density at radius 1 is 1.03 bits per heavy atom. The zero-order valence-corrected chi connectivity index (χ0v) is 20.2. The number of amides is 2. The maximum atomic E-state index is 13.1. The van der Waals surface area contributed by atoms with Gasteiger partial charge in [0.1, 0.15) is 0 Å². The van der Waals surface area contributed by atoms with Crippen LogP contribution in [0, 0.1) is 0 Å². The second kappa shape index (κ2) is 10.8. The smallest absolute Gasteiger partial charge is 0.320 e. The maximum Gasteiger partial charge on any atom is 0.320 e. The lowest BCUT2D eigenvalue weighted by Crippen LogP contribution is -2.44. The number of rotatable bonds is 8. The Bertz CT molecular complexity index is 961. The molecule has 0 aliphatic carbocycles. The maximum absolute atomic E-state index is 13.1. The first-order valence-electron chi connectivity index (χ1n) is 12.6. The standard InChI is InChI=1S/C27H36N4O3/c1-33-26(19-29-11-8-21-4-2-3-5-24(21)17-29)20-31-13-12-30(27(31)32)18-25-7-6-23(16-28-25)22-9-14-34-15-10-22/h2-7,16,22,26H,8-15,17-20H2,1H3. The third-order valence-corrected chi connectivity index (χ3v) is 7.50. The van der Waals surface area contributed by atoms with Crippen LogP contribution in [-0.2, 0) is 29.0 Å². The number of pyridine rings is 1. The monoisotopic (exact) mass is 464 g/mol. The van der Waals surface area contributed by atoms with E-state index in [1.807, 2.05) is 16.0 Å². The van der Waals surface area contributed by atoms with Gasteiger partial charge < -0.3 is 19.3 Å². The third kappa shape index (κ3) is 5.43. The number of urea groups is 1. The number of fused-ring (bicyclic) bond motifs is 1. The Kier molecular flexibility index (Phi) is 7.42. The van der Waals surface area contributed by atoms with Gasteiger partial charge in [0.2, 0.25) is 0 Å². The molecule has 1 aromatic carbocycles. The van der Waals surface area contributed by atoms with Crippen LogP contribution in [0.25, 0.3) is 0 Å². The van der Waals surface area contributed by atoms with Gasteiger partial charge in [-0.05, 0) is 47.9 Å². The molecule has 2 aromatic rings. The molecule has 2 amide bonds. The Morgan fingerprint density at radius 2 is 1.82 bits per heavy atom. The number of hydrogen-bond donors (Lipinski definition) is 0. The summed E-state index contributed by atoms with van der Waals surface area (Å²) in [6.07, 6.45) is 5.19. The molecule has 3 aliphatic heterocycles. The summed E-state index contributed by atoms with van der Waals surface area (Å²) in [6.45, 7) is 7.14. The van der Waals surface area contributed by atoms with Crippen molar-refractivity contribution < 1.29 is 14.3 Å². The molecule has 0 bridgehead atoms. The van der Waals surface area contributed by atoms with Crippen molar-refractivity contribution in [1.29, 1.82) is 0 Å². The van der Waals surface area contributed by atoms with Crippen molar-refractivity contribution in [2.45, 2.75) is 44.4 Å². The SMILES string of the molecule is COC(CN1CCc2ccccc2C1)CN1CCN(Cc2ccc(C3CCOCC3)cn2)C1=O. The van der Waals surface area contributed by atoms with E-state index >= 15 is 0 Å². The molecule has 2 saturated heterocycles. The van der Waals surface area contributed by atoms with Gasteiger partial charge in [-0.25, -0.2) is 4.79 Å². The summed E-state index contributed by atoms with van der Waals surface area (Å²) in [5, 5.41) is 0. The summed E-state index contributed by atoms with van der Waals surface area (Å²) in [5.41, 5.74) is 5.08. The van der Waals surface area contributed by atoms with Crippen molar-refractivity contribution in [3.05, 3.63) is 65.0 Å². The first kappa shape index (κ1) is 23.3. The summed E-state index contributed by atoms with van der Waals surface area (Å²) in [5.74, 6) is 0.540. The van der Waals surface area contributed by atoms with E-state index < -0.39 is 0 Å². The van der Waals surface area contributed by atoms with Gasteiger partial charge in [-0.2, -0.15) is 0 Å². The van der Waals surface area contributed by atoms with E-state index in [9.17, 15) is 4.79 Å². The Balaban J connectivity index is 1.12. The highest BCUT2D eigenvalue weighted by molar-refractivity contribution is 5.76. The molecule has 2 fully saturated rings. The molecule has 1 atom stereocenters. The highest BCUT2D eigenvalue weighted by Gasteiger charge is 2.31. The summed E-state index contributed by atoms with van der Waals surface area (Å²) in [4.78, 5) is 24.0. The van der Waals surface area contributed by atoms with Gasteiger partial charge in [0, 0.05) is 65.8 Å². The molecular formula is C27H36N4O3. The first-order chi connectivity index (χ1) is 16.7. The molecule has 34 heavy (non-hydrogen) atoms. The number of aromatic nitrogens is 1. The number of ether oxygens (including phenoxy) is 2. The second-order valence-electron chi connectivity index (χ2n) is 9.73. The fraction of sp³-hybridized carbons (Fsp3) is 0.556.